The van der Waals surface area contributed by atoms with E-state index in [4.69, 9.17) is 0 Å². The molecule has 2 rings (SSSR count). The van der Waals surface area contributed by atoms with Crippen molar-refractivity contribution in [2.45, 2.75) is 26.6 Å². The van der Waals surface area contributed by atoms with Gasteiger partial charge in [0.25, 0.3) is 0 Å². The summed E-state index contributed by atoms with van der Waals surface area (Å²) >= 11 is 0. The Morgan fingerprint density at radius 1 is 1.17 bits per heavy atom. The zero-order valence-corrected chi connectivity index (χ0v) is 14.6. The Labute approximate surface area is 124 Å². The first-order valence-electron chi connectivity index (χ1n) is 5.93. The van der Waals surface area contributed by atoms with Crippen LogP contribution in [0.1, 0.15) is 5.56 Å². The molecule has 0 fully saturated rings. The van der Waals surface area contributed by atoms with E-state index in [0.29, 0.717) is 0 Å². The van der Waals surface area contributed by atoms with E-state index < -0.39 is 8.07 Å². The fourth-order valence-corrected chi connectivity index (χ4v) is 2.91. The van der Waals surface area contributed by atoms with E-state index >= 15 is 0 Å². The molecule has 0 atom stereocenters. The predicted molar refractivity (Wildman–Crippen MR) is 76.2 cm³/mol. The summed E-state index contributed by atoms with van der Waals surface area (Å²) < 4.78 is 0. The van der Waals surface area contributed by atoms with E-state index in [0.717, 1.165) is 11.3 Å². The molecule has 1 aromatic carbocycles. The molecule has 0 aliphatic rings. The molecular weight excluding hydrogens is 414 g/mol. The van der Waals surface area contributed by atoms with E-state index in [1.54, 1.807) is 0 Å². The molecule has 0 aliphatic heterocycles. The van der Waals surface area contributed by atoms with Crippen LogP contribution in [0.3, 0.4) is 0 Å². The molecule has 0 bridgehead atoms. The average molecular weight is 433 g/mol. The van der Waals surface area contributed by atoms with Gasteiger partial charge in [-0.2, -0.15) is 0 Å². The average Bonchev–Trinajstić information content (AvgIpc) is 2.29. The molecule has 0 saturated carbocycles. The minimum atomic E-state index is -1.26. The maximum Gasteiger partial charge on any atom is 0.0795 e. The van der Waals surface area contributed by atoms with Crippen LogP contribution < -0.4 is 5.19 Å². The third-order valence-electron chi connectivity index (χ3n) is 2.91. The van der Waals surface area contributed by atoms with Crippen LogP contribution in [0.2, 0.25) is 19.6 Å². The first kappa shape index (κ1) is 15.3. The van der Waals surface area contributed by atoms with E-state index in [9.17, 15) is 0 Å². The Morgan fingerprint density at radius 3 is 2.39 bits per heavy atom. The SMILES string of the molecule is Cc1cc([Si](C)(C)C)cnc1-c1[c-]cccc1.[Ir]. The number of rotatable bonds is 2. The number of aromatic nitrogens is 1. The molecule has 0 aliphatic carbocycles. The Morgan fingerprint density at radius 2 is 1.89 bits per heavy atom. The molecule has 0 amide bonds. The van der Waals surface area contributed by atoms with Crippen molar-refractivity contribution in [2.24, 2.45) is 0 Å². The van der Waals surface area contributed by atoms with Crippen molar-refractivity contribution in [1.82, 2.24) is 4.98 Å². The molecule has 3 heteroatoms. The fourth-order valence-electron chi connectivity index (χ4n) is 1.81. The van der Waals surface area contributed by atoms with Crippen LogP contribution in [0.15, 0.2) is 36.5 Å². The summed E-state index contributed by atoms with van der Waals surface area (Å²) in [5, 5.41) is 1.41. The van der Waals surface area contributed by atoms with Crippen molar-refractivity contribution in [2.75, 3.05) is 0 Å². The molecule has 1 radical (unpaired) electrons. The third-order valence-corrected chi connectivity index (χ3v) is 4.91. The second-order valence-electron chi connectivity index (χ2n) is 5.42. The van der Waals surface area contributed by atoms with Crippen molar-refractivity contribution in [3.05, 3.63) is 48.2 Å². The number of nitrogens with zero attached hydrogens (tertiary/aromatic N) is 1. The molecule has 18 heavy (non-hydrogen) atoms. The largest absolute Gasteiger partial charge is 0.305 e. The van der Waals surface area contributed by atoms with E-state index in [-0.39, 0.29) is 20.1 Å². The summed E-state index contributed by atoms with van der Waals surface area (Å²) in [5.41, 5.74) is 3.37. The van der Waals surface area contributed by atoms with Gasteiger partial charge in [-0.15, -0.1) is 35.9 Å². The van der Waals surface area contributed by atoms with Gasteiger partial charge in [-0.05, 0) is 17.8 Å². The zero-order chi connectivity index (χ0) is 12.5. The van der Waals surface area contributed by atoms with E-state index in [1.165, 1.54) is 10.8 Å². The number of hydrogen-bond donors (Lipinski definition) is 0. The summed E-state index contributed by atoms with van der Waals surface area (Å²) in [6.07, 6.45) is 2.04. The van der Waals surface area contributed by atoms with Crippen molar-refractivity contribution in [1.29, 1.82) is 0 Å². The molecular formula is C15H18IrNSi-. The van der Waals surface area contributed by atoms with Crippen molar-refractivity contribution >= 4 is 13.3 Å². The van der Waals surface area contributed by atoms with Crippen LogP contribution >= 0.6 is 0 Å². The van der Waals surface area contributed by atoms with Gasteiger partial charge in [0, 0.05) is 26.3 Å². The first-order chi connectivity index (χ1) is 7.98. The fraction of sp³-hybridized carbons (Fsp3) is 0.267. The molecule has 1 nitrogen and oxygen atoms in total. The Bertz CT molecular complexity index is 518. The van der Waals surface area contributed by atoms with Gasteiger partial charge in [0.05, 0.1) is 8.07 Å². The topological polar surface area (TPSA) is 12.9 Å². The summed E-state index contributed by atoms with van der Waals surface area (Å²) in [6.45, 7) is 9.17. The smallest absolute Gasteiger partial charge is 0.0795 e. The summed E-state index contributed by atoms with van der Waals surface area (Å²) in [7, 11) is -1.26. The van der Waals surface area contributed by atoms with E-state index in [2.05, 4.69) is 49.7 Å². The maximum absolute atomic E-state index is 4.62. The van der Waals surface area contributed by atoms with Crippen LogP contribution in [0.4, 0.5) is 0 Å². The summed E-state index contributed by atoms with van der Waals surface area (Å²) in [6, 6.07) is 13.5. The quantitative estimate of drug-likeness (QED) is 0.524. The van der Waals surface area contributed by atoms with Gasteiger partial charge in [-0.1, -0.05) is 31.3 Å². The van der Waals surface area contributed by atoms with Gasteiger partial charge in [0.1, 0.15) is 0 Å². The van der Waals surface area contributed by atoms with Gasteiger partial charge < -0.3 is 4.98 Å². The minimum Gasteiger partial charge on any atom is -0.305 e. The second kappa shape index (κ2) is 5.92. The van der Waals surface area contributed by atoms with Crippen molar-refractivity contribution in [3.8, 4) is 11.3 Å². The van der Waals surface area contributed by atoms with Crippen LogP contribution in [0.5, 0.6) is 0 Å². The molecule has 1 aromatic heterocycles. The van der Waals surface area contributed by atoms with Gasteiger partial charge in [-0.3, -0.25) is 0 Å². The third kappa shape index (κ3) is 3.38. The van der Waals surface area contributed by atoms with Gasteiger partial charge in [0.2, 0.25) is 0 Å². The van der Waals surface area contributed by atoms with Crippen LogP contribution in [0, 0.1) is 13.0 Å². The van der Waals surface area contributed by atoms with Crippen LogP contribution in [-0.4, -0.2) is 13.1 Å². The molecule has 97 valence electrons. The Kier molecular flexibility index (Phi) is 5.03. The van der Waals surface area contributed by atoms with Gasteiger partial charge in [0.15, 0.2) is 0 Å². The monoisotopic (exact) mass is 433 g/mol. The molecule has 0 unspecified atom stereocenters. The first-order valence-corrected chi connectivity index (χ1v) is 9.43. The summed E-state index contributed by atoms with van der Waals surface area (Å²) in [4.78, 5) is 4.62. The molecule has 2 aromatic rings. The summed E-state index contributed by atoms with van der Waals surface area (Å²) in [5.74, 6) is 0. The molecule has 1 heterocycles. The van der Waals surface area contributed by atoms with E-state index in [1.807, 2.05) is 24.4 Å². The Balaban J connectivity index is 0.00000162. The van der Waals surface area contributed by atoms with Gasteiger partial charge in [-0.25, -0.2) is 0 Å². The minimum absolute atomic E-state index is 0. The van der Waals surface area contributed by atoms with Crippen molar-refractivity contribution in [3.63, 3.8) is 0 Å². The zero-order valence-electron chi connectivity index (χ0n) is 11.2. The molecule has 0 saturated heterocycles. The number of benzene rings is 1. The standard InChI is InChI=1S/C15H18NSi.Ir/c1-12-10-14(17(2,3)4)11-16-15(12)13-8-6-5-7-9-13;/h5-8,10-11H,1-4H3;/q-1;. The van der Waals surface area contributed by atoms with Gasteiger partial charge >= 0.3 is 0 Å². The Hall–Kier alpha value is -0.764. The number of aryl methyl sites for hydroxylation is 1. The number of hydrogen-bond acceptors (Lipinski definition) is 1. The predicted octanol–water partition coefficient (Wildman–Crippen LogP) is 3.40. The number of pyridine rings is 1. The molecule has 0 spiro atoms. The second-order valence-corrected chi connectivity index (χ2v) is 10.5. The van der Waals surface area contributed by atoms with Crippen LogP contribution in [-0.2, 0) is 20.1 Å². The maximum atomic E-state index is 4.62. The van der Waals surface area contributed by atoms with Crippen molar-refractivity contribution < 1.29 is 20.1 Å². The normalized spacial score (nSPS) is 10.9. The van der Waals surface area contributed by atoms with Crippen LogP contribution in [0.25, 0.3) is 11.3 Å². The molecule has 0 N–H and O–H groups in total.